The Labute approximate surface area is 80.6 Å². The lowest BCUT2D eigenvalue weighted by Crippen LogP contribution is -1.96. The van der Waals surface area contributed by atoms with Crippen molar-refractivity contribution >= 4 is 6.08 Å². The van der Waals surface area contributed by atoms with Crippen LogP contribution in [-0.2, 0) is 0 Å². The van der Waals surface area contributed by atoms with Crippen molar-refractivity contribution in [3.8, 4) is 0 Å². The molecule has 0 N–H and O–H groups in total. The normalized spacial score (nSPS) is 10.4. The summed E-state index contributed by atoms with van der Waals surface area (Å²) < 4.78 is 0. The highest BCUT2D eigenvalue weighted by Gasteiger charge is 2.01. The molecule has 0 atom stereocenters. The molecular formula is C13H16. The minimum atomic E-state index is 0.214. The summed E-state index contributed by atoms with van der Waals surface area (Å²) in [6.07, 6.45) is 4.09. The first-order valence-corrected chi connectivity index (χ1v) is 4.57. The van der Waals surface area contributed by atoms with Crippen LogP contribution in [-0.4, -0.2) is 0 Å². The summed E-state index contributed by atoms with van der Waals surface area (Å²) in [5, 5.41) is 0. The second-order valence-electron chi connectivity index (χ2n) is 4.23. The van der Waals surface area contributed by atoms with E-state index in [2.05, 4.69) is 44.7 Å². The molecule has 0 fully saturated rings. The minimum absolute atomic E-state index is 0.214. The van der Waals surface area contributed by atoms with E-state index in [0.717, 1.165) is 0 Å². The predicted molar refractivity (Wildman–Crippen MR) is 58.4 cm³/mol. The van der Waals surface area contributed by atoms with Crippen LogP contribution in [0.4, 0.5) is 0 Å². The number of benzene rings is 1. The first kappa shape index (κ1) is 9.83. The largest absolute Gasteiger partial charge is 0.124 e. The van der Waals surface area contributed by atoms with E-state index in [4.69, 9.17) is 0 Å². The van der Waals surface area contributed by atoms with E-state index in [1.807, 2.05) is 24.3 Å². The average Bonchev–Trinajstić information content (AvgIpc) is 2.04. The molecule has 0 aliphatic carbocycles. The van der Waals surface area contributed by atoms with E-state index in [1.54, 1.807) is 0 Å². The zero-order chi connectivity index (χ0) is 9.73. The summed E-state index contributed by atoms with van der Waals surface area (Å²) in [5.74, 6) is 0. The van der Waals surface area contributed by atoms with Crippen molar-refractivity contribution in [3.63, 3.8) is 0 Å². The van der Waals surface area contributed by atoms with Crippen LogP contribution in [0, 0.1) is 5.41 Å². The minimum Gasteiger partial charge on any atom is -0.124 e. The first-order chi connectivity index (χ1) is 6.08. The van der Waals surface area contributed by atoms with Crippen LogP contribution in [0.15, 0.2) is 42.1 Å². The Morgan fingerprint density at radius 1 is 1.08 bits per heavy atom. The third kappa shape index (κ3) is 4.35. The summed E-state index contributed by atoms with van der Waals surface area (Å²) in [7, 11) is 0. The fraction of sp³-hybridized carbons (Fsp3) is 0.308. The van der Waals surface area contributed by atoms with Gasteiger partial charge < -0.3 is 0 Å². The van der Waals surface area contributed by atoms with Crippen LogP contribution < -0.4 is 0 Å². The first-order valence-electron chi connectivity index (χ1n) is 4.57. The van der Waals surface area contributed by atoms with Gasteiger partial charge in [-0.05, 0) is 23.1 Å². The standard InChI is InChI=1S/C13H16/c1-13(2,3)11-7-10-12-8-5-4-6-9-12/h4-6,8-11H,1-3H3. The topological polar surface area (TPSA) is 0 Å². The Bertz CT molecular complexity index is 306. The molecule has 0 saturated heterocycles. The molecule has 0 aromatic heterocycles. The van der Waals surface area contributed by atoms with E-state index in [-0.39, 0.29) is 5.41 Å². The molecule has 1 aromatic rings. The van der Waals surface area contributed by atoms with Gasteiger partial charge in [0.2, 0.25) is 0 Å². The lowest BCUT2D eigenvalue weighted by Gasteiger charge is -2.08. The molecule has 0 bridgehead atoms. The second kappa shape index (κ2) is 4.11. The van der Waals surface area contributed by atoms with Gasteiger partial charge in [0.15, 0.2) is 0 Å². The van der Waals surface area contributed by atoms with Crippen molar-refractivity contribution in [1.29, 1.82) is 0 Å². The Morgan fingerprint density at radius 3 is 2.23 bits per heavy atom. The molecule has 0 heteroatoms. The van der Waals surface area contributed by atoms with Crippen molar-refractivity contribution in [2.24, 2.45) is 5.41 Å². The van der Waals surface area contributed by atoms with Gasteiger partial charge in [0.25, 0.3) is 0 Å². The highest BCUT2D eigenvalue weighted by Crippen LogP contribution is 2.13. The fourth-order valence-electron chi connectivity index (χ4n) is 0.937. The maximum Gasteiger partial charge on any atom is -0.0127 e. The molecular weight excluding hydrogens is 156 g/mol. The van der Waals surface area contributed by atoms with Gasteiger partial charge in [-0.2, -0.15) is 0 Å². The molecule has 0 amide bonds. The maximum absolute atomic E-state index is 3.19. The van der Waals surface area contributed by atoms with Crippen LogP contribution in [0.2, 0.25) is 0 Å². The summed E-state index contributed by atoms with van der Waals surface area (Å²) >= 11 is 0. The predicted octanol–water partition coefficient (Wildman–Crippen LogP) is 3.90. The SMILES string of the molecule is CC(C)(C)C=C=Cc1ccccc1. The molecule has 0 radical (unpaired) electrons. The lowest BCUT2D eigenvalue weighted by molar-refractivity contribution is 0.545. The van der Waals surface area contributed by atoms with Crippen LogP contribution in [0.25, 0.3) is 6.08 Å². The fourth-order valence-corrected chi connectivity index (χ4v) is 0.937. The number of rotatable bonds is 1. The molecule has 0 unspecified atom stereocenters. The summed E-state index contributed by atoms with van der Waals surface area (Å²) in [6.45, 7) is 6.50. The van der Waals surface area contributed by atoms with E-state index in [9.17, 15) is 0 Å². The summed E-state index contributed by atoms with van der Waals surface area (Å²) in [5.41, 5.74) is 4.60. The van der Waals surface area contributed by atoms with Gasteiger partial charge >= 0.3 is 0 Å². The Hall–Kier alpha value is -1.26. The molecule has 0 aliphatic heterocycles. The molecule has 1 aromatic carbocycles. The molecule has 0 spiro atoms. The molecule has 13 heavy (non-hydrogen) atoms. The maximum atomic E-state index is 3.19. The molecule has 0 heterocycles. The smallest absolute Gasteiger partial charge is 0.0127 e. The van der Waals surface area contributed by atoms with Crippen LogP contribution in [0.3, 0.4) is 0 Å². The van der Waals surface area contributed by atoms with Gasteiger partial charge in [0.1, 0.15) is 0 Å². The molecule has 1 rings (SSSR count). The Kier molecular flexibility index (Phi) is 3.11. The van der Waals surface area contributed by atoms with Crippen molar-refractivity contribution in [3.05, 3.63) is 47.7 Å². The summed E-state index contributed by atoms with van der Waals surface area (Å²) in [6, 6.07) is 10.2. The monoisotopic (exact) mass is 172 g/mol. The third-order valence-electron chi connectivity index (χ3n) is 1.57. The number of hydrogen-bond donors (Lipinski definition) is 0. The quantitative estimate of drug-likeness (QED) is 0.563. The Balaban J connectivity index is 2.75. The van der Waals surface area contributed by atoms with E-state index in [1.165, 1.54) is 5.56 Å². The van der Waals surface area contributed by atoms with Gasteiger partial charge in [-0.3, -0.25) is 0 Å². The third-order valence-corrected chi connectivity index (χ3v) is 1.57. The van der Waals surface area contributed by atoms with Gasteiger partial charge in [-0.25, -0.2) is 0 Å². The van der Waals surface area contributed by atoms with Crippen LogP contribution >= 0.6 is 0 Å². The zero-order valence-corrected chi connectivity index (χ0v) is 8.54. The molecule has 68 valence electrons. The van der Waals surface area contributed by atoms with E-state index in [0.29, 0.717) is 0 Å². The second-order valence-corrected chi connectivity index (χ2v) is 4.23. The van der Waals surface area contributed by atoms with E-state index >= 15 is 0 Å². The van der Waals surface area contributed by atoms with Crippen molar-refractivity contribution < 1.29 is 0 Å². The molecule has 0 aliphatic rings. The number of hydrogen-bond acceptors (Lipinski definition) is 0. The van der Waals surface area contributed by atoms with Gasteiger partial charge in [-0.1, -0.05) is 51.1 Å². The van der Waals surface area contributed by atoms with Gasteiger partial charge in [-0.15, -0.1) is 5.73 Å². The van der Waals surface area contributed by atoms with Crippen molar-refractivity contribution in [2.45, 2.75) is 20.8 Å². The van der Waals surface area contributed by atoms with E-state index < -0.39 is 0 Å². The van der Waals surface area contributed by atoms with Gasteiger partial charge in [0, 0.05) is 0 Å². The van der Waals surface area contributed by atoms with Crippen LogP contribution in [0.5, 0.6) is 0 Å². The summed E-state index contributed by atoms with van der Waals surface area (Å²) in [4.78, 5) is 0. The van der Waals surface area contributed by atoms with Crippen molar-refractivity contribution in [1.82, 2.24) is 0 Å². The van der Waals surface area contributed by atoms with Gasteiger partial charge in [0.05, 0.1) is 0 Å². The van der Waals surface area contributed by atoms with Crippen LogP contribution in [0.1, 0.15) is 26.3 Å². The molecule has 0 saturated carbocycles. The molecule has 0 nitrogen and oxygen atoms in total. The number of allylic oxidation sites excluding steroid dienone is 1. The highest BCUT2D eigenvalue weighted by molar-refractivity contribution is 5.48. The Morgan fingerprint density at radius 2 is 1.69 bits per heavy atom. The lowest BCUT2D eigenvalue weighted by atomic mass is 9.97. The zero-order valence-electron chi connectivity index (χ0n) is 8.54. The average molecular weight is 172 g/mol. The van der Waals surface area contributed by atoms with Crippen molar-refractivity contribution in [2.75, 3.05) is 0 Å². The highest BCUT2D eigenvalue weighted by atomic mass is 14.1.